The smallest absolute Gasteiger partial charge is 0.255 e. The highest BCUT2D eigenvalue weighted by atomic mass is 19.1. The van der Waals surface area contributed by atoms with Gasteiger partial charge in [-0.05, 0) is 69.3 Å². The molecule has 6 rings (SSSR count). The second kappa shape index (κ2) is 10.6. The lowest BCUT2D eigenvalue weighted by Crippen LogP contribution is -2.65. The summed E-state index contributed by atoms with van der Waals surface area (Å²) in [5, 5.41) is 45.9. The molecule has 0 aromatic heterocycles. The van der Waals surface area contributed by atoms with Crippen LogP contribution in [0.1, 0.15) is 35.1 Å². The van der Waals surface area contributed by atoms with Gasteiger partial charge in [0.1, 0.15) is 28.7 Å². The SMILES string of the molecule is CN(C)[C@@H]1C(=O)C(C(N)=O)=C(O)[C@@]2(O)C(=O)C3=C(O)c4c(c(F)c5ccc(CCCc6ccccc6)cc5c4O)C[C@H]3C[C@@H]12. The molecule has 1 amide bonds. The number of hydrogen-bond donors (Lipinski definition) is 5. The summed E-state index contributed by atoms with van der Waals surface area (Å²) in [6.45, 7) is 0. The van der Waals surface area contributed by atoms with E-state index in [1.54, 1.807) is 18.2 Å². The summed E-state index contributed by atoms with van der Waals surface area (Å²) in [5.74, 6) is -8.29. The van der Waals surface area contributed by atoms with E-state index in [4.69, 9.17) is 5.73 Å². The highest BCUT2D eigenvalue weighted by molar-refractivity contribution is 6.24. The van der Waals surface area contributed by atoms with Gasteiger partial charge in [-0.2, -0.15) is 0 Å². The number of halogens is 1. The van der Waals surface area contributed by atoms with Crippen molar-refractivity contribution < 1.29 is 39.2 Å². The third-order valence-electron chi connectivity index (χ3n) is 9.47. The fourth-order valence-corrected chi connectivity index (χ4v) is 7.40. The van der Waals surface area contributed by atoms with Crippen molar-refractivity contribution in [3.05, 3.63) is 93.5 Å². The van der Waals surface area contributed by atoms with Crippen LogP contribution in [-0.4, -0.2) is 68.5 Å². The number of nitrogens with two attached hydrogens (primary N) is 1. The number of Topliss-reactive ketones (excluding diaryl/α,β-unsaturated/α-hetero) is 2. The zero-order chi connectivity index (χ0) is 31.7. The van der Waals surface area contributed by atoms with Crippen LogP contribution >= 0.6 is 0 Å². The highest BCUT2D eigenvalue weighted by Gasteiger charge is 2.64. The van der Waals surface area contributed by atoms with Crippen molar-refractivity contribution >= 4 is 34.0 Å². The fourth-order valence-electron chi connectivity index (χ4n) is 7.40. The summed E-state index contributed by atoms with van der Waals surface area (Å²) >= 11 is 0. The first-order valence-corrected chi connectivity index (χ1v) is 14.5. The fraction of sp³-hybridized carbons (Fsp3) is 0.324. The summed E-state index contributed by atoms with van der Waals surface area (Å²) in [7, 11) is 3.04. The summed E-state index contributed by atoms with van der Waals surface area (Å²) in [5.41, 5.74) is 3.21. The van der Waals surface area contributed by atoms with E-state index in [1.807, 2.05) is 30.3 Å². The van der Waals surface area contributed by atoms with Crippen LogP contribution < -0.4 is 5.73 Å². The number of carbonyl (C=O) groups excluding carboxylic acids is 3. The van der Waals surface area contributed by atoms with Crippen LogP contribution in [0.2, 0.25) is 0 Å². The minimum atomic E-state index is -2.75. The number of nitrogens with zero attached hydrogens (tertiary/aromatic N) is 1. The lowest BCUT2D eigenvalue weighted by Gasteiger charge is -2.50. The molecule has 0 spiro atoms. The number of amides is 1. The van der Waals surface area contributed by atoms with Crippen LogP contribution in [0.3, 0.4) is 0 Å². The van der Waals surface area contributed by atoms with Gasteiger partial charge in [-0.15, -0.1) is 0 Å². The molecule has 6 N–H and O–H groups in total. The summed E-state index contributed by atoms with van der Waals surface area (Å²) in [6, 6.07) is 13.8. The average molecular weight is 601 g/mol. The predicted molar refractivity (Wildman–Crippen MR) is 160 cm³/mol. The maximum absolute atomic E-state index is 16.1. The van der Waals surface area contributed by atoms with Gasteiger partial charge in [0.15, 0.2) is 11.4 Å². The van der Waals surface area contributed by atoms with Crippen molar-refractivity contribution in [2.75, 3.05) is 14.1 Å². The first kappa shape index (κ1) is 29.5. The minimum absolute atomic E-state index is 0.0115. The largest absolute Gasteiger partial charge is 0.508 e. The molecular formula is C34H33FN2O7. The molecule has 1 saturated carbocycles. The summed E-state index contributed by atoms with van der Waals surface area (Å²) in [6.07, 6.45) is 2.09. The topological polar surface area (TPSA) is 161 Å². The Morgan fingerprint density at radius 1 is 1.02 bits per heavy atom. The maximum atomic E-state index is 16.1. The Morgan fingerprint density at radius 3 is 2.36 bits per heavy atom. The van der Waals surface area contributed by atoms with Gasteiger partial charge in [-0.3, -0.25) is 19.3 Å². The monoisotopic (exact) mass is 600 g/mol. The lowest BCUT2D eigenvalue weighted by atomic mass is 9.57. The van der Waals surface area contributed by atoms with Gasteiger partial charge in [-0.1, -0.05) is 42.5 Å². The summed E-state index contributed by atoms with van der Waals surface area (Å²) in [4.78, 5) is 40.8. The van der Waals surface area contributed by atoms with E-state index in [1.165, 1.54) is 24.6 Å². The number of carbonyl (C=O) groups is 3. The van der Waals surface area contributed by atoms with Crippen molar-refractivity contribution in [2.24, 2.45) is 17.6 Å². The lowest BCUT2D eigenvalue weighted by molar-refractivity contribution is -0.153. The molecule has 0 heterocycles. The molecule has 0 aliphatic heterocycles. The Bertz CT molecular complexity index is 1810. The van der Waals surface area contributed by atoms with E-state index >= 15 is 4.39 Å². The predicted octanol–water partition coefficient (Wildman–Crippen LogP) is 3.43. The molecule has 0 saturated heterocycles. The van der Waals surface area contributed by atoms with Gasteiger partial charge in [0.2, 0.25) is 5.78 Å². The number of aryl methyl sites for hydroxylation is 2. The normalized spacial score (nSPS) is 24.9. The molecule has 4 atom stereocenters. The van der Waals surface area contributed by atoms with Gasteiger partial charge < -0.3 is 26.2 Å². The molecule has 3 aliphatic carbocycles. The Labute approximate surface area is 252 Å². The number of ketones is 2. The minimum Gasteiger partial charge on any atom is -0.508 e. The second-order valence-electron chi connectivity index (χ2n) is 12.2. The molecular weight excluding hydrogens is 567 g/mol. The van der Waals surface area contributed by atoms with Gasteiger partial charge >= 0.3 is 0 Å². The first-order valence-electron chi connectivity index (χ1n) is 14.5. The third-order valence-corrected chi connectivity index (χ3v) is 9.47. The van der Waals surface area contributed by atoms with Crippen molar-refractivity contribution in [3.8, 4) is 5.75 Å². The summed E-state index contributed by atoms with van der Waals surface area (Å²) < 4.78 is 16.1. The van der Waals surface area contributed by atoms with Crippen molar-refractivity contribution in [1.82, 2.24) is 4.90 Å². The Balaban J connectivity index is 1.44. The molecule has 3 aromatic rings. The quantitative estimate of drug-likeness (QED) is 0.269. The van der Waals surface area contributed by atoms with E-state index in [0.29, 0.717) is 6.42 Å². The van der Waals surface area contributed by atoms with Crippen molar-refractivity contribution in [3.63, 3.8) is 0 Å². The average Bonchev–Trinajstić information content (AvgIpc) is 2.98. The second-order valence-corrected chi connectivity index (χ2v) is 12.2. The number of rotatable bonds is 6. The molecule has 44 heavy (non-hydrogen) atoms. The number of fused-ring (bicyclic) bond motifs is 4. The van der Waals surface area contributed by atoms with Crippen LogP contribution in [-0.2, 0) is 33.6 Å². The highest BCUT2D eigenvalue weighted by Crippen LogP contribution is 2.53. The van der Waals surface area contributed by atoms with Gasteiger partial charge in [-0.25, -0.2) is 4.39 Å². The maximum Gasteiger partial charge on any atom is 0.255 e. The standard InChI is InChI=1S/C34H33FN2O7/c1-37(2)27-22-15-18-14-21-24(29(39)23(18)31(41)34(22,44)32(42)25(30(27)40)33(36)43)28(38)20-13-17(11-12-19(20)26(21)35)10-6-9-16-7-4-3-5-8-16/h3-5,7-8,11-13,18,22,27,38-39,42,44H,6,9-10,14-15H2,1-2H3,(H2,36,43)/t18-,22-,27-,34-/m0/s1. The molecule has 0 bridgehead atoms. The van der Waals surface area contributed by atoms with E-state index in [2.05, 4.69) is 0 Å². The van der Waals surface area contributed by atoms with Gasteiger partial charge in [0.05, 0.1) is 11.6 Å². The number of hydrogen-bond acceptors (Lipinski definition) is 8. The van der Waals surface area contributed by atoms with Gasteiger partial charge in [0, 0.05) is 27.8 Å². The molecule has 10 heteroatoms. The van der Waals surface area contributed by atoms with Crippen LogP contribution in [0.4, 0.5) is 4.39 Å². The first-order chi connectivity index (χ1) is 20.9. The third kappa shape index (κ3) is 4.23. The van der Waals surface area contributed by atoms with Crippen molar-refractivity contribution in [2.45, 2.75) is 43.7 Å². The van der Waals surface area contributed by atoms with E-state index in [9.17, 15) is 34.8 Å². The Morgan fingerprint density at radius 2 is 1.70 bits per heavy atom. The number of phenolic OH excluding ortho intramolecular Hbond substituents is 1. The molecule has 0 radical (unpaired) electrons. The number of aliphatic hydroxyl groups excluding tert-OH is 2. The van der Waals surface area contributed by atoms with Crippen LogP contribution in [0, 0.1) is 17.7 Å². The number of likely N-dealkylation sites (N-methyl/N-ethyl adjacent to an activating group) is 1. The molecule has 9 nitrogen and oxygen atoms in total. The zero-order valence-electron chi connectivity index (χ0n) is 24.3. The zero-order valence-corrected chi connectivity index (χ0v) is 24.3. The van der Waals surface area contributed by atoms with Crippen LogP contribution in [0.15, 0.2) is 65.4 Å². The van der Waals surface area contributed by atoms with Crippen LogP contribution in [0.5, 0.6) is 5.75 Å². The molecule has 228 valence electrons. The van der Waals surface area contributed by atoms with Gasteiger partial charge in [0.25, 0.3) is 5.91 Å². The number of primary amides is 1. The van der Waals surface area contributed by atoms with Crippen LogP contribution in [0.25, 0.3) is 16.5 Å². The Hall–Kier alpha value is -4.54. The molecule has 1 fully saturated rings. The Kier molecular flexibility index (Phi) is 7.09. The number of aliphatic hydroxyl groups is 3. The van der Waals surface area contributed by atoms with E-state index < -0.39 is 69.6 Å². The van der Waals surface area contributed by atoms with E-state index in [0.717, 1.165) is 18.4 Å². The molecule has 0 unspecified atom stereocenters. The number of phenols is 1. The number of aromatic hydroxyl groups is 1. The molecule has 3 aliphatic rings. The van der Waals surface area contributed by atoms with Crippen molar-refractivity contribution in [1.29, 1.82) is 0 Å². The molecule has 3 aromatic carbocycles. The van der Waals surface area contributed by atoms with E-state index in [-0.39, 0.29) is 40.3 Å². The number of benzene rings is 3.